The zero-order valence-electron chi connectivity index (χ0n) is 15.4. The third kappa shape index (κ3) is 3.99. The molecule has 2 heterocycles. The predicted octanol–water partition coefficient (Wildman–Crippen LogP) is 3.98. The van der Waals surface area contributed by atoms with Gasteiger partial charge in [0, 0.05) is 24.7 Å². The molecule has 0 aliphatic carbocycles. The van der Waals surface area contributed by atoms with Crippen molar-refractivity contribution < 1.29 is 4.79 Å². The molecule has 1 atom stereocenters. The molecule has 0 N–H and O–H groups in total. The lowest BCUT2D eigenvalue weighted by molar-refractivity contribution is 0.0709. The van der Waals surface area contributed by atoms with Gasteiger partial charge in [0.15, 0.2) is 0 Å². The molecule has 2 saturated heterocycles. The van der Waals surface area contributed by atoms with Crippen molar-refractivity contribution in [3.63, 3.8) is 0 Å². The molecule has 2 aliphatic heterocycles. The molecule has 3 nitrogen and oxygen atoms in total. The number of hydrogen-bond donors (Lipinski definition) is 0. The van der Waals surface area contributed by atoms with Gasteiger partial charge in [0.25, 0.3) is 5.91 Å². The summed E-state index contributed by atoms with van der Waals surface area (Å²) in [6.45, 7) is 4.36. The molecule has 0 radical (unpaired) electrons. The number of amides is 1. The minimum Gasteiger partial charge on any atom is -0.334 e. The van der Waals surface area contributed by atoms with Crippen LogP contribution < -0.4 is 0 Å². The molecular weight excluding hydrogens is 320 g/mol. The van der Waals surface area contributed by atoms with Gasteiger partial charge in [0.1, 0.15) is 0 Å². The van der Waals surface area contributed by atoms with Crippen LogP contribution >= 0.6 is 0 Å². The van der Waals surface area contributed by atoms with E-state index >= 15 is 0 Å². The number of carbonyl (C=O) groups is 1. The molecule has 0 bridgehead atoms. The lowest BCUT2D eigenvalue weighted by Gasteiger charge is -2.28. The van der Waals surface area contributed by atoms with E-state index in [-0.39, 0.29) is 5.91 Å². The monoisotopic (exact) mass is 348 g/mol. The maximum absolute atomic E-state index is 13.0. The Morgan fingerprint density at radius 2 is 1.54 bits per heavy atom. The second-order valence-electron chi connectivity index (χ2n) is 7.66. The highest BCUT2D eigenvalue weighted by atomic mass is 16.2. The van der Waals surface area contributed by atoms with Crippen LogP contribution in [-0.4, -0.2) is 47.9 Å². The number of rotatable bonds is 5. The topological polar surface area (TPSA) is 23.6 Å². The summed E-state index contributed by atoms with van der Waals surface area (Å²) in [4.78, 5) is 17.7. The zero-order chi connectivity index (χ0) is 17.8. The van der Waals surface area contributed by atoms with Gasteiger partial charge in [-0.1, -0.05) is 42.5 Å². The number of carbonyl (C=O) groups excluding carboxylic acids is 1. The van der Waals surface area contributed by atoms with E-state index in [4.69, 9.17) is 0 Å². The van der Waals surface area contributed by atoms with E-state index in [1.54, 1.807) is 0 Å². The van der Waals surface area contributed by atoms with Crippen LogP contribution in [0.4, 0.5) is 0 Å². The van der Waals surface area contributed by atoms with Crippen molar-refractivity contribution in [2.75, 3.05) is 26.2 Å². The van der Waals surface area contributed by atoms with Crippen LogP contribution in [0.5, 0.6) is 0 Å². The van der Waals surface area contributed by atoms with Crippen LogP contribution in [0.1, 0.15) is 47.2 Å². The zero-order valence-corrected chi connectivity index (χ0v) is 15.4. The van der Waals surface area contributed by atoms with Crippen LogP contribution in [0.3, 0.4) is 0 Å². The normalized spacial score (nSPS) is 20.6. The van der Waals surface area contributed by atoms with Crippen LogP contribution in [0.25, 0.3) is 0 Å². The Morgan fingerprint density at radius 3 is 2.27 bits per heavy atom. The first-order chi connectivity index (χ1) is 12.8. The van der Waals surface area contributed by atoms with Gasteiger partial charge in [-0.25, -0.2) is 0 Å². The first-order valence-corrected chi connectivity index (χ1v) is 9.96. The average Bonchev–Trinajstić information content (AvgIpc) is 3.35. The molecule has 1 amide bonds. The van der Waals surface area contributed by atoms with Crippen molar-refractivity contribution >= 4 is 5.91 Å². The maximum atomic E-state index is 13.0. The van der Waals surface area contributed by atoms with Gasteiger partial charge in [-0.3, -0.25) is 4.79 Å². The van der Waals surface area contributed by atoms with Gasteiger partial charge in [0.05, 0.1) is 0 Å². The first-order valence-electron chi connectivity index (χ1n) is 9.96. The molecule has 0 saturated carbocycles. The van der Waals surface area contributed by atoms with Gasteiger partial charge < -0.3 is 9.80 Å². The van der Waals surface area contributed by atoms with E-state index in [9.17, 15) is 4.79 Å². The smallest absolute Gasteiger partial charge is 0.254 e. The van der Waals surface area contributed by atoms with Crippen molar-refractivity contribution in [3.05, 3.63) is 71.3 Å². The van der Waals surface area contributed by atoms with Crippen LogP contribution in [0, 0.1) is 0 Å². The fraction of sp³-hybridized carbons (Fsp3) is 0.435. The van der Waals surface area contributed by atoms with Crippen LogP contribution in [0.2, 0.25) is 0 Å². The van der Waals surface area contributed by atoms with E-state index in [1.807, 2.05) is 18.2 Å². The fourth-order valence-corrected chi connectivity index (χ4v) is 4.32. The Hall–Kier alpha value is -2.13. The number of hydrogen-bond acceptors (Lipinski definition) is 2. The summed E-state index contributed by atoms with van der Waals surface area (Å²) in [5.74, 6) is 0.206. The van der Waals surface area contributed by atoms with Gasteiger partial charge in [-0.05, 0) is 68.5 Å². The number of benzene rings is 2. The first kappa shape index (κ1) is 17.3. The standard InChI is InChI=1S/C23H28N2O/c26-23(25-16-6-9-22(25)18-24-14-4-5-15-24)21-12-10-20(11-13-21)17-19-7-2-1-3-8-19/h1-3,7-8,10-13,22H,4-6,9,14-18H2. The summed E-state index contributed by atoms with van der Waals surface area (Å²) < 4.78 is 0. The number of likely N-dealkylation sites (tertiary alicyclic amines) is 2. The van der Waals surface area contributed by atoms with Crippen LogP contribution in [0.15, 0.2) is 54.6 Å². The van der Waals surface area contributed by atoms with Crippen molar-refractivity contribution in [1.82, 2.24) is 9.80 Å². The summed E-state index contributed by atoms with van der Waals surface area (Å²) in [5.41, 5.74) is 3.38. The molecule has 0 aromatic heterocycles. The Balaban J connectivity index is 1.40. The Labute approximate surface area is 156 Å². The third-order valence-electron chi connectivity index (χ3n) is 5.76. The summed E-state index contributed by atoms with van der Waals surface area (Å²) in [6, 6.07) is 19.1. The third-order valence-corrected chi connectivity index (χ3v) is 5.76. The van der Waals surface area contributed by atoms with Gasteiger partial charge in [0.2, 0.25) is 0 Å². The van der Waals surface area contributed by atoms with Crippen molar-refractivity contribution in [2.24, 2.45) is 0 Å². The highest BCUT2D eigenvalue weighted by Gasteiger charge is 2.31. The van der Waals surface area contributed by atoms with E-state index in [1.165, 1.54) is 37.1 Å². The van der Waals surface area contributed by atoms with Gasteiger partial charge in [-0.15, -0.1) is 0 Å². The molecule has 2 aliphatic rings. The quantitative estimate of drug-likeness (QED) is 0.816. The second-order valence-corrected chi connectivity index (χ2v) is 7.66. The maximum Gasteiger partial charge on any atom is 0.254 e. The Kier molecular flexibility index (Phi) is 5.35. The predicted molar refractivity (Wildman–Crippen MR) is 105 cm³/mol. The van der Waals surface area contributed by atoms with Gasteiger partial charge in [-0.2, -0.15) is 0 Å². The molecule has 0 spiro atoms. The molecule has 2 aromatic carbocycles. The fourth-order valence-electron chi connectivity index (χ4n) is 4.32. The molecule has 2 fully saturated rings. The highest BCUT2D eigenvalue weighted by molar-refractivity contribution is 5.94. The summed E-state index contributed by atoms with van der Waals surface area (Å²) >= 11 is 0. The summed E-state index contributed by atoms with van der Waals surface area (Å²) in [7, 11) is 0. The van der Waals surface area contributed by atoms with E-state index in [0.29, 0.717) is 6.04 Å². The molecule has 4 rings (SSSR count). The van der Waals surface area contributed by atoms with E-state index < -0.39 is 0 Å². The van der Waals surface area contributed by atoms with E-state index in [2.05, 4.69) is 46.2 Å². The largest absolute Gasteiger partial charge is 0.334 e. The minimum atomic E-state index is 0.206. The number of nitrogens with zero attached hydrogens (tertiary/aromatic N) is 2. The molecule has 26 heavy (non-hydrogen) atoms. The van der Waals surface area contributed by atoms with Crippen molar-refractivity contribution in [1.29, 1.82) is 0 Å². The van der Waals surface area contributed by atoms with Gasteiger partial charge >= 0.3 is 0 Å². The molecule has 2 aromatic rings. The summed E-state index contributed by atoms with van der Waals surface area (Å²) in [6.07, 6.45) is 5.81. The Morgan fingerprint density at radius 1 is 0.846 bits per heavy atom. The lowest BCUT2D eigenvalue weighted by Crippen LogP contribution is -2.42. The minimum absolute atomic E-state index is 0.206. The van der Waals surface area contributed by atoms with E-state index in [0.717, 1.165) is 37.9 Å². The van der Waals surface area contributed by atoms with Crippen LogP contribution in [-0.2, 0) is 6.42 Å². The average molecular weight is 348 g/mol. The highest BCUT2D eigenvalue weighted by Crippen LogP contribution is 2.23. The SMILES string of the molecule is O=C(c1ccc(Cc2ccccc2)cc1)N1CCCC1CN1CCCC1. The molecule has 3 heteroatoms. The lowest BCUT2D eigenvalue weighted by atomic mass is 10.0. The summed E-state index contributed by atoms with van der Waals surface area (Å²) in [5, 5.41) is 0. The second kappa shape index (κ2) is 8.05. The van der Waals surface area contributed by atoms with Crippen molar-refractivity contribution in [2.45, 2.75) is 38.1 Å². The Bertz CT molecular complexity index is 720. The molecule has 1 unspecified atom stereocenters. The molecular formula is C23H28N2O. The van der Waals surface area contributed by atoms with Crippen molar-refractivity contribution in [3.8, 4) is 0 Å². The molecule has 136 valence electrons.